The lowest BCUT2D eigenvalue weighted by Crippen LogP contribution is -2.28. The zero-order chi connectivity index (χ0) is 31.0. The largest absolute Gasteiger partial charge is 0.471 e. The quantitative estimate of drug-likeness (QED) is 0.192. The molecule has 0 bridgehead atoms. The molecule has 3 N–H and O–H groups in total. The molecule has 222 valence electrons. The van der Waals surface area contributed by atoms with Gasteiger partial charge in [-0.3, -0.25) is 9.79 Å². The molecule has 0 unspecified atom stereocenters. The van der Waals surface area contributed by atoms with Gasteiger partial charge in [-0.15, -0.1) is 0 Å². The second-order valence-corrected chi connectivity index (χ2v) is 11.0. The Hall–Kier alpha value is -5.24. The summed E-state index contributed by atoms with van der Waals surface area (Å²) in [5.41, 5.74) is 9.92. The second kappa shape index (κ2) is 13.6. The summed E-state index contributed by atoms with van der Waals surface area (Å²) < 4.78 is 11.1. The molecule has 4 rings (SSSR count). The number of fused-ring (bicyclic) bond motifs is 1. The van der Waals surface area contributed by atoms with Crippen molar-refractivity contribution in [2.24, 2.45) is 4.99 Å². The average Bonchev–Trinajstić information content (AvgIpc) is 3.45. The smallest absolute Gasteiger partial charge is 0.349 e. The monoisotopic (exact) mass is 581 g/mol. The summed E-state index contributed by atoms with van der Waals surface area (Å²) in [6.07, 6.45) is 4.19. The van der Waals surface area contributed by atoms with Crippen LogP contribution in [0.2, 0.25) is 0 Å². The van der Waals surface area contributed by atoms with Crippen LogP contribution in [0.3, 0.4) is 0 Å². The molecule has 11 nitrogen and oxygen atoms in total. The Bertz CT molecular complexity index is 1570. The summed E-state index contributed by atoms with van der Waals surface area (Å²) in [6, 6.07) is 17.0. The molecule has 11 heteroatoms. The normalized spacial score (nSPS) is 12.3. The number of carbonyl (C=O) groups excluding carboxylic acids is 2. The highest BCUT2D eigenvalue weighted by molar-refractivity contribution is 5.98. The summed E-state index contributed by atoms with van der Waals surface area (Å²) in [4.78, 5) is 39.3. The van der Waals surface area contributed by atoms with Crippen LogP contribution in [0.25, 0.3) is 6.08 Å². The molecule has 0 radical (unpaired) electrons. The number of aromatic nitrogens is 2. The van der Waals surface area contributed by atoms with Gasteiger partial charge < -0.3 is 25.4 Å². The average molecular weight is 582 g/mol. The summed E-state index contributed by atoms with van der Waals surface area (Å²) >= 11 is 0. The van der Waals surface area contributed by atoms with E-state index >= 15 is 0 Å². The Labute approximate surface area is 251 Å². The highest BCUT2D eigenvalue weighted by atomic mass is 16.6. The standard InChI is InChI=1S/C32H35N7O4/c1-32(2,3)43-30(41)24(18-33)17-21-9-11-25(12-10-21)39(4)16-14-27(40)36-19-22-5-7-23(8-6-22)20-42-29-28-26(13-15-35-28)37-31(34)38-29/h5-12,15,17H,13-14,16,19-20H2,1-4H3,(H,36,40)(H2,34,37,38)/b24-17+. The molecule has 1 aliphatic heterocycles. The highest BCUT2D eigenvalue weighted by Gasteiger charge is 2.20. The molecule has 43 heavy (non-hydrogen) atoms. The van der Waals surface area contributed by atoms with Gasteiger partial charge in [0.1, 0.15) is 29.5 Å². The van der Waals surface area contributed by atoms with Gasteiger partial charge in [0.25, 0.3) is 0 Å². The number of carbonyl (C=O) groups is 2. The van der Waals surface area contributed by atoms with E-state index in [0.29, 0.717) is 49.7 Å². The zero-order valence-corrected chi connectivity index (χ0v) is 24.8. The first kappa shape index (κ1) is 30.7. The number of anilines is 2. The Balaban J connectivity index is 1.21. The first-order valence-corrected chi connectivity index (χ1v) is 13.8. The van der Waals surface area contributed by atoms with E-state index in [2.05, 4.69) is 20.3 Å². The first-order chi connectivity index (χ1) is 20.5. The molecule has 0 fully saturated rings. The minimum absolute atomic E-state index is 0.0643. The number of ether oxygens (including phenoxy) is 2. The van der Waals surface area contributed by atoms with Crippen LogP contribution >= 0.6 is 0 Å². The van der Waals surface area contributed by atoms with Crippen molar-refractivity contribution in [2.45, 2.75) is 52.4 Å². The van der Waals surface area contributed by atoms with E-state index in [0.717, 1.165) is 22.5 Å². The summed E-state index contributed by atoms with van der Waals surface area (Å²) in [7, 11) is 1.90. The minimum atomic E-state index is -0.683. The number of aliphatic imine (C=N–C) groups is 1. The number of hydrogen-bond acceptors (Lipinski definition) is 10. The van der Waals surface area contributed by atoms with E-state index in [9.17, 15) is 14.9 Å². The SMILES string of the molecule is CN(CCC(=O)NCc1ccc(COc2nc(N)nc3c2N=CC3)cc1)c1ccc(/C=C(\C#N)C(=O)OC(C)(C)C)cc1. The highest BCUT2D eigenvalue weighted by Crippen LogP contribution is 2.33. The van der Waals surface area contributed by atoms with Crippen LogP contribution in [-0.4, -0.2) is 47.3 Å². The van der Waals surface area contributed by atoms with Crippen LogP contribution in [0.4, 0.5) is 17.3 Å². The maximum absolute atomic E-state index is 12.5. The molecular weight excluding hydrogens is 546 g/mol. The van der Waals surface area contributed by atoms with Crippen LogP contribution in [0, 0.1) is 11.3 Å². The molecule has 0 spiro atoms. The number of nitrogens with two attached hydrogens (primary N) is 1. The van der Waals surface area contributed by atoms with E-state index < -0.39 is 11.6 Å². The zero-order valence-electron chi connectivity index (χ0n) is 24.8. The van der Waals surface area contributed by atoms with Crippen molar-refractivity contribution in [3.8, 4) is 11.9 Å². The molecule has 0 saturated heterocycles. The fourth-order valence-corrected chi connectivity index (χ4v) is 4.15. The van der Waals surface area contributed by atoms with Crippen molar-refractivity contribution in [1.82, 2.24) is 15.3 Å². The number of esters is 1. The Morgan fingerprint density at radius 3 is 2.47 bits per heavy atom. The number of benzene rings is 2. The fourth-order valence-electron chi connectivity index (χ4n) is 4.15. The van der Waals surface area contributed by atoms with E-state index in [1.54, 1.807) is 27.0 Å². The summed E-state index contributed by atoms with van der Waals surface area (Å²) in [6.45, 7) is 6.48. The second-order valence-electron chi connectivity index (χ2n) is 11.0. The van der Waals surface area contributed by atoms with E-state index in [1.165, 1.54) is 6.08 Å². The van der Waals surface area contributed by atoms with Gasteiger partial charge in [-0.05, 0) is 55.7 Å². The fraction of sp³-hybridized carbons (Fsp3) is 0.312. The molecule has 2 aromatic carbocycles. The Morgan fingerprint density at radius 1 is 1.09 bits per heavy atom. The predicted molar refractivity (Wildman–Crippen MR) is 165 cm³/mol. The van der Waals surface area contributed by atoms with Crippen molar-refractivity contribution >= 4 is 41.5 Å². The van der Waals surface area contributed by atoms with Gasteiger partial charge in [-0.1, -0.05) is 36.4 Å². The minimum Gasteiger partial charge on any atom is -0.471 e. The lowest BCUT2D eigenvalue weighted by atomic mass is 10.1. The van der Waals surface area contributed by atoms with Crippen LogP contribution < -0.4 is 20.7 Å². The molecular formula is C32H35N7O4. The lowest BCUT2D eigenvalue weighted by Gasteiger charge is -2.19. The van der Waals surface area contributed by atoms with Gasteiger partial charge in [0, 0.05) is 44.9 Å². The van der Waals surface area contributed by atoms with Crippen LogP contribution in [0.5, 0.6) is 5.88 Å². The molecule has 0 atom stereocenters. The van der Waals surface area contributed by atoms with Gasteiger partial charge in [0.05, 0.1) is 5.69 Å². The third-order valence-corrected chi connectivity index (χ3v) is 6.39. The van der Waals surface area contributed by atoms with E-state index in [1.807, 2.05) is 66.5 Å². The maximum atomic E-state index is 12.5. The third-order valence-electron chi connectivity index (χ3n) is 6.39. The number of rotatable bonds is 11. The lowest BCUT2D eigenvalue weighted by molar-refractivity contribution is -0.149. The molecule has 2 heterocycles. The summed E-state index contributed by atoms with van der Waals surface area (Å²) in [5, 5.41) is 12.3. The number of nitrogens with zero attached hydrogens (tertiary/aromatic N) is 5. The molecule has 1 aliphatic rings. The van der Waals surface area contributed by atoms with Crippen molar-refractivity contribution in [1.29, 1.82) is 5.26 Å². The summed E-state index contributed by atoms with van der Waals surface area (Å²) in [5.74, 6) is -0.189. The maximum Gasteiger partial charge on any atom is 0.349 e. The van der Waals surface area contributed by atoms with Crippen molar-refractivity contribution in [3.63, 3.8) is 0 Å². The number of hydrogen-bond donors (Lipinski definition) is 2. The molecule has 1 amide bonds. The van der Waals surface area contributed by atoms with Crippen molar-refractivity contribution in [3.05, 3.63) is 76.5 Å². The number of nitrogens with one attached hydrogen (secondary N) is 1. The van der Waals surface area contributed by atoms with Crippen LogP contribution in [0.15, 0.2) is 59.1 Å². The van der Waals surface area contributed by atoms with Crippen LogP contribution in [0.1, 0.15) is 49.6 Å². The van der Waals surface area contributed by atoms with Gasteiger partial charge in [0.2, 0.25) is 17.7 Å². The van der Waals surface area contributed by atoms with E-state index in [-0.39, 0.29) is 17.4 Å². The van der Waals surface area contributed by atoms with Gasteiger partial charge >= 0.3 is 5.97 Å². The van der Waals surface area contributed by atoms with Crippen molar-refractivity contribution in [2.75, 3.05) is 24.2 Å². The Morgan fingerprint density at radius 2 is 1.79 bits per heavy atom. The van der Waals surface area contributed by atoms with Gasteiger partial charge in [-0.2, -0.15) is 10.2 Å². The predicted octanol–water partition coefficient (Wildman–Crippen LogP) is 4.29. The molecule has 1 aromatic heterocycles. The van der Waals surface area contributed by atoms with Gasteiger partial charge in [-0.25, -0.2) is 9.78 Å². The van der Waals surface area contributed by atoms with Gasteiger partial charge in [0.15, 0.2) is 0 Å². The first-order valence-electron chi connectivity index (χ1n) is 13.8. The third kappa shape index (κ3) is 8.87. The number of nitriles is 1. The molecule has 3 aromatic rings. The Kier molecular flexibility index (Phi) is 9.72. The number of nitrogen functional groups attached to an aromatic ring is 1. The molecule has 0 saturated carbocycles. The van der Waals surface area contributed by atoms with E-state index in [4.69, 9.17) is 15.2 Å². The van der Waals surface area contributed by atoms with Crippen LogP contribution in [-0.2, 0) is 33.9 Å². The van der Waals surface area contributed by atoms with Crippen molar-refractivity contribution < 1.29 is 19.1 Å². The number of amides is 1. The molecule has 0 aliphatic carbocycles. The topological polar surface area (TPSA) is 156 Å².